The van der Waals surface area contributed by atoms with E-state index in [1.165, 1.54) is 36.1 Å². The van der Waals surface area contributed by atoms with Crippen LogP contribution in [0.5, 0.6) is 0 Å². The molecule has 0 radical (unpaired) electrons. The monoisotopic (exact) mass is 218 g/mol. The Morgan fingerprint density at radius 3 is 2.94 bits per heavy atom. The summed E-state index contributed by atoms with van der Waals surface area (Å²) in [6, 6.07) is 7.31. The van der Waals surface area contributed by atoms with Crippen LogP contribution in [0.2, 0.25) is 0 Å². The van der Waals surface area contributed by atoms with Crippen LogP contribution in [0.3, 0.4) is 0 Å². The van der Waals surface area contributed by atoms with Crippen molar-refractivity contribution in [2.75, 3.05) is 13.1 Å². The average molecular weight is 218 g/mol. The maximum Gasteiger partial charge on any atom is 0.0239 e. The van der Waals surface area contributed by atoms with Crippen molar-refractivity contribution in [1.82, 2.24) is 4.90 Å². The van der Waals surface area contributed by atoms with Crippen molar-refractivity contribution in [3.63, 3.8) is 0 Å². The highest BCUT2D eigenvalue weighted by Crippen LogP contribution is 2.21. The summed E-state index contributed by atoms with van der Waals surface area (Å²) in [7, 11) is 0. The van der Waals surface area contributed by atoms with E-state index in [1.807, 2.05) is 0 Å². The Kier molecular flexibility index (Phi) is 3.62. The number of rotatable bonds is 3. The Morgan fingerprint density at radius 1 is 1.38 bits per heavy atom. The minimum Gasteiger partial charge on any atom is -0.329 e. The summed E-state index contributed by atoms with van der Waals surface area (Å²) in [5.74, 6) is 0. The average Bonchev–Trinajstić information content (AvgIpc) is 2.71. The molecule has 1 atom stereocenters. The third-order valence-electron chi connectivity index (χ3n) is 3.65. The first-order valence-electron chi connectivity index (χ1n) is 6.21. The first-order valence-corrected chi connectivity index (χ1v) is 6.21. The Balaban J connectivity index is 2.11. The Labute approximate surface area is 98.4 Å². The van der Waals surface area contributed by atoms with E-state index in [0.717, 1.165) is 13.1 Å². The van der Waals surface area contributed by atoms with Crippen molar-refractivity contribution in [3.05, 3.63) is 34.9 Å². The van der Waals surface area contributed by atoms with Gasteiger partial charge in [0, 0.05) is 19.1 Å². The highest BCUT2D eigenvalue weighted by molar-refractivity contribution is 5.30. The first kappa shape index (κ1) is 11.6. The molecule has 2 N–H and O–H groups in total. The van der Waals surface area contributed by atoms with Gasteiger partial charge in [-0.05, 0) is 44.4 Å². The summed E-state index contributed by atoms with van der Waals surface area (Å²) < 4.78 is 0. The van der Waals surface area contributed by atoms with Crippen LogP contribution < -0.4 is 5.73 Å². The standard InChI is InChI=1S/C14H22N2/c1-11-5-6-12(2)13(8-11)10-16-7-3-4-14(16)9-15/h5-6,8,14H,3-4,7,9-10,15H2,1-2H3. The molecule has 0 spiro atoms. The van der Waals surface area contributed by atoms with Gasteiger partial charge >= 0.3 is 0 Å². The van der Waals surface area contributed by atoms with Crippen LogP contribution in [0.15, 0.2) is 18.2 Å². The molecule has 2 rings (SSSR count). The minimum absolute atomic E-state index is 0.597. The van der Waals surface area contributed by atoms with E-state index < -0.39 is 0 Å². The van der Waals surface area contributed by atoms with Crippen molar-refractivity contribution in [2.45, 2.75) is 39.3 Å². The Bertz CT molecular complexity index is 360. The van der Waals surface area contributed by atoms with Crippen LogP contribution in [-0.2, 0) is 6.54 Å². The largest absolute Gasteiger partial charge is 0.329 e. The lowest BCUT2D eigenvalue weighted by Crippen LogP contribution is -2.35. The fraction of sp³-hybridized carbons (Fsp3) is 0.571. The zero-order valence-corrected chi connectivity index (χ0v) is 10.4. The van der Waals surface area contributed by atoms with Gasteiger partial charge in [-0.1, -0.05) is 23.8 Å². The number of likely N-dealkylation sites (tertiary alicyclic amines) is 1. The number of benzene rings is 1. The summed E-state index contributed by atoms with van der Waals surface area (Å²) >= 11 is 0. The lowest BCUT2D eigenvalue weighted by molar-refractivity contribution is 0.250. The molecule has 16 heavy (non-hydrogen) atoms. The Hall–Kier alpha value is -0.860. The SMILES string of the molecule is Cc1ccc(C)c(CN2CCCC2CN)c1. The second-order valence-corrected chi connectivity index (χ2v) is 4.93. The van der Waals surface area contributed by atoms with Gasteiger partial charge in [0.2, 0.25) is 0 Å². The summed E-state index contributed by atoms with van der Waals surface area (Å²) in [6.07, 6.45) is 2.56. The van der Waals surface area contributed by atoms with Crippen LogP contribution >= 0.6 is 0 Å². The molecule has 0 bridgehead atoms. The van der Waals surface area contributed by atoms with E-state index in [1.54, 1.807) is 0 Å². The zero-order valence-electron chi connectivity index (χ0n) is 10.4. The molecule has 2 nitrogen and oxygen atoms in total. The van der Waals surface area contributed by atoms with Crippen molar-refractivity contribution in [1.29, 1.82) is 0 Å². The number of nitrogens with zero attached hydrogens (tertiary/aromatic N) is 1. The maximum absolute atomic E-state index is 5.80. The fourth-order valence-electron chi connectivity index (χ4n) is 2.56. The molecule has 2 heteroatoms. The predicted octanol–water partition coefficient (Wildman–Crippen LogP) is 2.23. The van der Waals surface area contributed by atoms with Crippen LogP contribution in [-0.4, -0.2) is 24.0 Å². The quantitative estimate of drug-likeness (QED) is 0.843. The Morgan fingerprint density at radius 2 is 2.19 bits per heavy atom. The summed E-state index contributed by atoms with van der Waals surface area (Å²) in [4.78, 5) is 2.53. The second kappa shape index (κ2) is 4.98. The zero-order chi connectivity index (χ0) is 11.5. The topological polar surface area (TPSA) is 29.3 Å². The van der Waals surface area contributed by atoms with Gasteiger partial charge in [0.25, 0.3) is 0 Å². The van der Waals surface area contributed by atoms with Crippen molar-refractivity contribution >= 4 is 0 Å². The highest BCUT2D eigenvalue weighted by Gasteiger charge is 2.23. The van der Waals surface area contributed by atoms with Gasteiger partial charge in [0.1, 0.15) is 0 Å². The maximum atomic E-state index is 5.80. The third-order valence-corrected chi connectivity index (χ3v) is 3.65. The van der Waals surface area contributed by atoms with Gasteiger partial charge in [-0.3, -0.25) is 4.90 Å². The van der Waals surface area contributed by atoms with E-state index >= 15 is 0 Å². The number of hydrogen-bond acceptors (Lipinski definition) is 2. The smallest absolute Gasteiger partial charge is 0.0239 e. The lowest BCUT2D eigenvalue weighted by Gasteiger charge is -2.24. The third kappa shape index (κ3) is 2.45. The van der Waals surface area contributed by atoms with E-state index in [2.05, 4.69) is 36.9 Å². The van der Waals surface area contributed by atoms with Crippen molar-refractivity contribution in [2.24, 2.45) is 5.73 Å². The number of nitrogens with two attached hydrogens (primary N) is 1. The van der Waals surface area contributed by atoms with E-state index in [-0.39, 0.29) is 0 Å². The second-order valence-electron chi connectivity index (χ2n) is 4.93. The molecule has 1 unspecified atom stereocenters. The molecule has 88 valence electrons. The molecule has 1 aromatic carbocycles. The van der Waals surface area contributed by atoms with E-state index in [9.17, 15) is 0 Å². The molecule has 0 amide bonds. The molecule has 1 fully saturated rings. The molecule has 0 aromatic heterocycles. The summed E-state index contributed by atoms with van der Waals surface area (Å²) in [6.45, 7) is 7.42. The molecule has 1 saturated heterocycles. The van der Waals surface area contributed by atoms with Crippen molar-refractivity contribution < 1.29 is 0 Å². The summed E-state index contributed by atoms with van der Waals surface area (Å²) in [5.41, 5.74) is 10.0. The van der Waals surface area contributed by atoms with Crippen LogP contribution in [0.1, 0.15) is 29.5 Å². The van der Waals surface area contributed by atoms with Crippen LogP contribution in [0.4, 0.5) is 0 Å². The first-order chi connectivity index (χ1) is 7.70. The molecule has 1 heterocycles. The molecule has 0 saturated carbocycles. The molecule has 0 aliphatic carbocycles. The van der Waals surface area contributed by atoms with Crippen molar-refractivity contribution in [3.8, 4) is 0 Å². The van der Waals surface area contributed by atoms with Gasteiger partial charge < -0.3 is 5.73 Å². The van der Waals surface area contributed by atoms with E-state index in [4.69, 9.17) is 5.73 Å². The molecular formula is C14H22N2. The number of aryl methyl sites for hydroxylation is 2. The van der Waals surface area contributed by atoms with Crippen LogP contribution in [0.25, 0.3) is 0 Å². The predicted molar refractivity (Wildman–Crippen MR) is 68.4 cm³/mol. The van der Waals surface area contributed by atoms with E-state index in [0.29, 0.717) is 6.04 Å². The van der Waals surface area contributed by atoms with Gasteiger partial charge in [0.05, 0.1) is 0 Å². The summed E-state index contributed by atoms with van der Waals surface area (Å²) in [5, 5.41) is 0. The fourth-order valence-corrected chi connectivity index (χ4v) is 2.56. The van der Waals surface area contributed by atoms with Gasteiger partial charge in [0.15, 0.2) is 0 Å². The van der Waals surface area contributed by atoms with Gasteiger partial charge in [-0.15, -0.1) is 0 Å². The normalized spacial score (nSPS) is 21.6. The lowest BCUT2D eigenvalue weighted by atomic mass is 10.0. The van der Waals surface area contributed by atoms with Gasteiger partial charge in [-0.25, -0.2) is 0 Å². The molecule has 1 aromatic rings. The molecule has 1 aliphatic heterocycles. The van der Waals surface area contributed by atoms with Crippen LogP contribution in [0, 0.1) is 13.8 Å². The van der Waals surface area contributed by atoms with Gasteiger partial charge in [-0.2, -0.15) is 0 Å². The molecule has 1 aliphatic rings. The number of hydrogen-bond donors (Lipinski definition) is 1. The highest BCUT2D eigenvalue weighted by atomic mass is 15.2. The minimum atomic E-state index is 0.597. The molecular weight excluding hydrogens is 196 g/mol.